The summed E-state index contributed by atoms with van der Waals surface area (Å²) in [4.78, 5) is 37.8. The Morgan fingerprint density at radius 1 is 1.05 bits per heavy atom. The molecule has 0 spiro atoms. The Kier molecular flexibility index (Phi) is 6.24. The Balaban J connectivity index is 1.56. The molecule has 3 atom stereocenters. The van der Waals surface area contributed by atoms with Crippen molar-refractivity contribution >= 4 is 38.9 Å². The number of carbonyl (C=O) groups excluding carboxylic acids is 3. The number of fused-ring (bicyclic) bond motifs is 3. The molecular formula is C28H24N2O9S. The van der Waals surface area contributed by atoms with E-state index >= 15 is 0 Å². The van der Waals surface area contributed by atoms with Gasteiger partial charge in [0.05, 0.1) is 11.8 Å². The van der Waals surface area contributed by atoms with Gasteiger partial charge < -0.3 is 26.2 Å². The first-order valence-electron chi connectivity index (χ1n) is 12.1. The number of phenolic OH excluding ortho intramolecular Hbond substituents is 1. The first kappa shape index (κ1) is 27.0. The lowest BCUT2D eigenvalue weighted by molar-refractivity contribution is -0.147. The van der Waals surface area contributed by atoms with E-state index in [4.69, 9.17) is 5.73 Å². The van der Waals surface area contributed by atoms with E-state index in [2.05, 4.69) is 16.6 Å². The SMILES string of the molecule is CS(=O)(=O)Nc1ccc(C#Cc2ccc(O)c3c2C[C@H]2C[C@H]4CC(=O)C(C(N)=O)=C(O)[C@@]4(O)C(=O)C2=C3O)cc1. The number of nitrogens with two attached hydrogens (primary N) is 1. The van der Waals surface area contributed by atoms with Crippen LogP contribution in [0.2, 0.25) is 0 Å². The molecule has 1 saturated carbocycles. The van der Waals surface area contributed by atoms with E-state index in [1.165, 1.54) is 6.07 Å². The molecule has 1 fully saturated rings. The number of carbonyl (C=O) groups is 3. The molecule has 3 aliphatic carbocycles. The number of aliphatic hydroxyl groups is 3. The molecule has 11 nitrogen and oxygen atoms in total. The molecule has 0 heterocycles. The van der Waals surface area contributed by atoms with Gasteiger partial charge in [-0.25, -0.2) is 8.42 Å². The minimum atomic E-state index is -3.44. The normalized spacial score (nSPS) is 23.9. The molecule has 0 radical (unpaired) electrons. The van der Waals surface area contributed by atoms with Crippen LogP contribution in [-0.4, -0.2) is 58.2 Å². The summed E-state index contributed by atoms with van der Waals surface area (Å²) >= 11 is 0. The summed E-state index contributed by atoms with van der Waals surface area (Å²) in [6.07, 6.45) is 0.775. The van der Waals surface area contributed by atoms with Crippen molar-refractivity contribution < 1.29 is 43.2 Å². The molecular weight excluding hydrogens is 540 g/mol. The van der Waals surface area contributed by atoms with Gasteiger partial charge in [-0.05, 0) is 60.7 Å². The van der Waals surface area contributed by atoms with Crippen LogP contribution in [0.1, 0.15) is 35.1 Å². The first-order chi connectivity index (χ1) is 18.7. The number of hydrogen-bond acceptors (Lipinski definition) is 9. The number of ketones is 2. The van der Waals surface area contributed by atoms with Crippen LogP contribution in [0.4, 0.5) is 5.69 Å². The minimum Gasteiger partial charge on any atom is -0.508 e. The summed E-state index contributed by atoms with van der Waals surface area (Å²) in [5.74, 6) is -0.994. The van der Waals surface area contributed by atoms with Crippen LogP contribution >= 0.6 is 0 Å². The van der Waals surface area contributed by atoms with Gasteiger partial charge in [-0.1, -0.05) is 11.8 Å². The molecule has 0 unspecified atom stereocenters. The summed E-state index contributed by atoms with van der Waals surface area (Å²) in [6.45, 7) is 0. The quantitative estimate of drug-likeness (QED) is 0.234. The van der Waals surface area contributed by atoms with Gasteiger partial charge in [0, 0.05) is 34.7 Å². The van der Waals surface area contributed by atoms with Crippen molar-refractivity contribution in [2.24, 2.45) is 17.6 Å². The number of sulfonamides is 1. The molecule has 0 aliphatic heterocycles. The number of rotatable bonds is 3. The molecule has 2 aromatic carbocycles. The predicted molar refractivity (Wildman–Crippen MR) is 142 cm³/mol. The smallest absolute Gasteiger partial charge is 0.255 e. The van der Waals surface area contributed by atoms with Crippen LogP contribution < -0.4 is 10.5 Å². The zero-order valence-electron chi connectivity index (χ0n) is 21.1. The Hall–Kier alpha value is -4.60. The van der Waals surface area contributed by atoms with Gasteiger partial charge >= 0.3 is 0 Å². The number of benzene rings is 2. The minimum absolute atomic E-state index is 0.0141. The predicted octanol–water partition coefficient (Wildman–Crippen LogP) is 1.20. The van der Waals surface area contributed by atoms with Crippen LogP contribution in [0.3, 0.4) is 0 Å². The Labute approximate surface area is 228 Å². The second-order valence-electron chi connectivity index (χ2n) is 10.1. The molecule has 2 aromatic rings. The fraction of sp³-hybridized carbons (Fsp3) is 0.250. The summed E-state index contributed by atoms with van der Waals surface area (Å²) in [5.41, 5.74) is 3.27. The molecule has 0 bridgehead atoms. The van der Waals surface area contributed by atoms with Crippen LogP contribution in [-0.2, 0) is 30.8 Å². The highest BCUT2D eigenvalue weighted by atomic mass is 32.2. The molecule has 0 saturated heterocycles. The zero-order valence-corrected chi connectivity index (χ0v) is 21.9. The monoisotopic (exact) mass is 564 g/mol. The maximum absolute atomic E-state index is 13.6. The summed E-state index contributed by atoms with van der Waals surface area (Å²) < 4.78 is 25.2. The van der Waals surface area contributed by atoms with Gasteiger partial charge in [0.15, 0.2) is 11.4 Å². The van der Waals surface area contributed by atoms with Crippen molar-refractivity contribution in [2.75, 3.05) is 11.0 Å². The third kappa shape index (κ3) is 4.29. The molecule has 0 aromatic heterocycles. The third-order valence-electron chi connectivity index (χ3n) is 7.48. The van der Waals surface area contributed by atoms with E-state index < -0.39 is 68.4 Å². The fourth-order valence-corrected chi connectivity index (χ4v) is 6.28. The van der Waals surface area contributed by atoms with Crippen molar-refractivity contribution in [1.29, 1.82) is 0 Å². The van der Waals surface area contributed by atoms with E-state index in [-0.39, 0.29) is 29.7 Å². The van der Waals surface area contributed by atoms with Gasteiger partial charge in [-0.2, -0.15) is 0 Å². The maximum Gasteiger partial charge on any atom is 0.255 e. The van der Waals surface area contributed by atoms with Crippen molar-refractivity contribution in [3.63, 3.8) is 0 Å². The first-order valence-corrected chi connectivity index (χ1v) is 14.0. The van der Waals surface area contributed by atoms with Crippen LogP contribution in [0.5, 0.6) is 5.75 Å². The van der Waals surface area contributed by atoms with Gasteiger partial charge in [-0.3, -0.25) is 19.1 Å². The Morgan fingerprint density at radius 2 is 1.73 bits per heavy atom. The Bertz CT molecular complexity index is 1740. The second-order valence-corrected chi connectivity index (χ2v) is 11.8. The Morgan fingerprint density at radius 3 is 2.35 bits per heavy atom. The number of amides is 1. The summed E-state index contributed by atoms with van der Waals surface area (Å²) in [7, 11) is -3.44. The summed E-state index contributed by atoms with van der Waals surface area (Å²) in [6, 6.07) is 9.18. The number of primary amides is 1. The lowest BCUT2D eigenvalue weighted by atomic mass is 9.59. The molecule has 3 aliphatic rings. The second kappa shape index (κ2) is 9.25. The van der Waals surface area contributed by atoms with Gasteiger partial charge in [-0.15, -0.1) is 0 Å². The molecule has 206 valence electrons. The van der Waals surface area contributed by atoms with Gasteiger partial charge in [0.25, 0.3) is 5.91 Å². The van der Waals surface area contributed by atoms with Crippen LogP contribution in [0.15, 0.2) is 53.3 Å². The van der Waals surface area contributed by atoms with Crippen molar-refractivity contribution in [2.45, 2.75) is 24.9 Å². The van der Waals surface area contributed by atoms with E-state index in [0.29, 0.717) is 22.4 Å². The van der Waals surface area contributed by atoms with Gasteiger partial charge in [0.2, 0.25) is 15.8 Å². The number of Topliss-reactive ketones (excluding diaryl/α,β-unsaturated/α-hetero) is 2. The number of anilines is 1. The van der Waals surface area contributed by atoms with Crippen molar-refractivity contribution in [1.82, 2.24) is 0 Å². The summed E-state index contributed by atoms with van der Waals surface area (Å²) in [5, 5.41) is 43.7. The topological polar surface area (TPSA) is 204 Å². The average Bonchev–Trinajstić information content (AvgIpc) is 2.85. The van der Waals surface area contributed by atoms with Crippen LogP contribution in [0, 0.1) is 23.7 Å². The molecule has 12 heteroatoms. The van der Waals surface area contributed by atoms with Crippen molar-refractivity contribution in [3.05, 3.63) is 75.6 Å². The lowest BCUT2D eigenvalue weighted by Gasteiger charge is -2.46. The third-order valence-corrected chi connectivity index (χ3v) is 8.08. The number of aromatic hydroxyl groups is 1. The highest BCUT2D eigenvalue weighted by Crippen LogP contribution is 2.52. The number of hydrogen-bond donors (Lipinski definition) is 6. The van der Waals surface area contributed by atoms with E-state index in [1.54, 1.807) is 30.3 Å². The highest BCUT2D eigenvalue weighted by molar-refractivity contribution is 7.92. The highest BCUT2D eigenvalue weighted by Gasteiger charge is 2.60. The maximum atomic E-state index is 13.6. The molecule has 7 N–H and O–H groups in total. The fourth-order valence-electron chi connectivity index (χ4n) is 5.71. The van der Waals surface area contributed by atoms with E-state index in [1.807, 2.05) is 0 Å². The largest absolute Gasteiger partial charge is 0.508 e. The van der Waals surface area contributed by atoms with E-state index in [9.17, 15) is 43.2 Å². The van der Waals surface area contributed by atoms with E-state index in [0.717, 1.165) is 6.26 Å². The average molecular weight is 565 g/mol. The molecule has 1 amide bonds. The zero-order chi connectivity index (χ0) is 29.1. The molecule has 40 heavy (non-hydrogen) atoms. The standard InChI is InChI=1S/C28H24N2O9S/c1-40(38,39)30-17-7-3-13(4-8-17)2-5-14-6-9-19(31)22-18(14)11-15-10-16-12-20(32)23(27(29)36)26(35)28(16,37)25(34)21(15)24(22)33/h3-4,6-9,15-16,30-31,33,35,37H,10-12H2,1H3,(H2,29,36)/t15-,16+,28+/m1/s1. The number of aliphatic hydroxyl groups excluding tert-OH is 2. The lowest BCUT2D eigenvalue weighted by Crippen LogP contribution is -2.58. The number of phenols is 1. The molecule has 5 rings (SSSR count). The number of nitrogens with one attached hydrogen (secondary N) is 1. The van der Waals surface area contributed by atoms with Crippen molar-refractivity contribution in [3.8, 4) is 17.6 Å². The van der Waals surface area contributed by atoms with Crippen LogP contribution in [0.25, 0.3) is 5.76 Å². The van der Waals surface area contributed by atoms with Gasteiger partial charge in [0.1, 0.15) is 22.8 Å².